The Labute approximate surface area is 108 Å². The molecule has 96 valence electrons. The van der Waals surface area contributed by atoms with Gasteiger partial charge in [0.25, 0.3) is 0 Å². The number of nitrogens with two attached hydrogens (primary N) is 1. The molecule has 0 aliphatic heterocycles. The van der Waals surface area contributed by atoms with E-state index < -0.39 is 22.3 Å². The number of hydrogen-bond acceptors (Lipinski definition) is 4. The van der Waals surface area contributed by atoms with Gasteiger partial charge in [-0.3, -0.25) is 0 Å². The van der Waals surface area contributed by atoms with Gasteiger partial charge in [-0.15, -0.1) is 13.2 Å². The van der Waals surface area contributed by atoms with Gasteiger partial charge in [0.2, 0.25) is 15.9 Å². The molecule has 5 nitrogen and oxygen atoms in total. The molecule has 0 unspecified atom stereocenters. The van der Waals surface area contributed by atoms with E-state index in [0.717, 1.165) is 6.20 Å². The van der Waals surface area contributed by atoms with Crippen molar-refractivity contribution in [2.24, 2.45) is 5.14 Å². The fourth-order valence-electron chi connectivity index (χ4n) is 0.960. The first-order valence-electron chi connectivity index (χ1n) is 3.96. The van der Waals surface area contributed by atoms with Gasteiger partial charge in [-0.2, -0.15) is 0 Å². The van der Waals surface area contributed by atoms with Gasteiger partial charge >= 0.3 is 6.36 Å². The van der Waals surface area contributed by atoms with Crippen LogP contribution in [0.15, 0.2) is 11.1 Å². The molecule has 2 N–H and O–H groups in total. The maximum Gasteiger partial charge on any atom is 0.574 e. The molecule has 0 amide bonds. The number of pyridine rings is 1. The molecule has 0 atom stereocenters. The number of ether oxygens (including phenoxy) is 1. The van der Waals surface area contributed by atoms with Crippen molar-refractivity contribution >= 4 is 32.6 Å². The molecule has 1 rings (SSSR count). The minimum absolute atomic E-state index is 0.0411. The zero-order chi connectivity index (χ0) is 13.4. The van der Waals surface area contributed by atoms with Gasteiger partial charge < -0.3 is 4.74 Å². The minimum atomic E-state index is -4.88. The third-order valence-corrected chi connectivity index (χ3v) is 4.36. The fourth-order valence-corrected chi connectivity index (χ4v) is 2.85. The molecule has 0 saturated heterocycles. The van der Waals surface area contributed by atoms with Gasteiger partial charge in [0.05, 0.1) is 6.20 Å². The smallest absolute Gasteiger partial charge is 0.388 e. The first kappa shape index (κ1) is 14.4. The monoisotopic (exact) mass is 382 g/mol. The molecule has 0 radical (unpaired) electrons. The first-order valence-corrected chi connectivity index (χ1v) is 6.58. The molecule has 0 fully saturated rings. The summed E-state index contributed by atoms with van der Waals surface area (Å²) in [5.41, 5.74) is -0.0468. The average molecular weight is 382 g/mol. The average Bonchev–Trinajstić information content (AvgIpc) is 2.08. The standard InChI is InChI=1S/C7H6F3IN2O3S/c1-3-5(11)4(17(12,14)15)2-13-6(3)16-7(8,9)10/h2H,1H3,(H2,12,14,15). The van der Waals surface area contributed by atoms with Crippen LogP contribution in [0.5, 0.6) is 5.88 Å². The number of aromatic nitrogens is 1. The Kier molecular flexibility index (Phi) is 3.88. The van der Waals surface area contributed by atoms with Crippen molar-refractivity contribution in [2.45, 2.75) is 18.2 Å². The lowest BCUT2D eigenvalue weighted by Gasteiger charge is -2.12. The van der Waals surface area contributed by atoms with E-state index in [1.54, 1.807) is 22.6 Å². The molecule has 0 aliphatic carbocycles. The Balaban J connectivity index is 3.30. The van der Waals surface area contributed by atoms with E-state index in [4.69, 9.17) is 5.14 Å². The van der Waals surface area contributed by atoms with E-state index in [2.05, 4.69) is 9.72 Å². The second-order valence-corrected chi connectivity index (χ2v) is 5.57. The third kappa shape index (κ3) is 3.67. The Morgan fingerprint density at radius 2 is 2.00 bits per heavy atom. The lowest BCUT2D eigenvalue weighted by Crippen LogP contribution is -2.20. The molecule has 0 aromatic carbocycles. The molecule has 0 saturated carbocycles. The predicted molar refractivity (Wildman–Crippen MR) is 59.7 cm³/mol. The second-order valence-electron chi connectivity index (χ2n) is 2.96. The number of primary sulfonamides is 1. The van der Waals surface area contributed by atoms with E-state index in [1.165, 1.54) is 6.92 Å². The molecule has 0 aliphatic rings. The van der Waals surface area contributed by atoms with Gasteiger partial charge in [0.1, 0.15) is 4.90 Å². The van der Waals surface area contributed by atoms with Crippen LogP contribution < -0.4 is 9.88 Å². The normalized spacial score (nSPS) is 12.6. The predicted octanol–water partition coefficient (Wildman–Crippen LogP) is 1.54. The molecule has 1 heterocycles. The summed E-state index contributed by atoms with van der Waals surface area (Å²) in [5, 5.41) is 4.87. The summed E-state index contributed by atoms with van der Waals surface area (Å²) >= 11 is 1.56. The van der Waals surface area contributed by atoms with Crippen LogP contribution >= 0.6 is 22.6 Å². The summed E-state index contributed by atoms with van der Waals surface area (Å²) in [7, 11) is -4.02. The van der Waals surface area contributed by atoms with Crippen molar-refractivity contribution < 1.29 is 26.3 Å². The van der Waals surface area contributed by atoms with Gasteiger partial charge in [0, 0.05) is 9.13 Å². The third-order valence-electron chi connectivity index (χ3n) is 1.68. The highest BCUT2D eigenvalue weighted by molar-refractivity contribution is 14.1. The number of rotatable bonds is 2. The second kappa shape index (κ2) is 4.57. The molecular weight excluding hydrogens is 376 g/mol. The van der Waals surface area contributed by atoms with Crippen LogP contribution in [0.25, 0.3) is 0 Å². The molecule has 17 heavy (non-hydrogen) atoms. The van der Waals surface area contributed by atoms with Gasteiger partial charge in [-0.1, -0.05) is 0 Å². The molecule has 0 bridgehead atoms. The van der Waals surface area contributed by atoms with Crippen molar-refractivity contribution in [3.63, 3.8) is 0 Å². The Bertz CT molecular complexity index is 544. The number of halogens is 4. The molecule has 10 heteroatoms. The number of nitrogens with zero attached hydrogens (tertiary/aromatic N) is 1. The Morgan fingerprint density at radius 3 is 2.41 bits per heavy atom. The SMILES string of the molecule is Cc1c(OC(F)(F)F)ncc(S(N)(=O)=O)c1I. The summed E-state index contributed by atoms with van der Waals surface area (Å²) in [4.78, 5) is 2.94. The fraction of sp³-hybridized carbons (Fsp3) is 0.286. The Morgan fingerprint density at radius 1 is 1.47 bits per heavy atom. The van der Waals surface area contributed by atoms with Crippen molar-refractivity contribution in [2.75, 3.05) is 0 Å². The maximum atomic E-state index is 12.0. The van der Waals surface area contributed by atoms with E-state index in [9.17, 15) is 21.6 Å². The largest absolute Gasteiger partial charge is 0.574 e. The maximum absolute atomic E-state index is 12.0. The zero-order valence-corrected chi connectivity index (χ0v) is 11.2. The zero-order valence-electron chi connectivity index (χ0n) is 8.25. The summed E-state index contributed by atoms with van der Waals surface area (Å²) in [6.45, 7) is 1.25. The van der Waals surface area contributed by atoms with Crippen molar-refractivity contribution in [1.82, 2.24) is 4.98 Å². The lowest BCUT2D eigenvalue weighted by atomic mass is 10.3. The van der Waals surface area contributed by atoms with E-state index >= 15 is 0 Å². The molecule has 1 aromatic rings. The topological polar surface area (TPSA) is 82.3 Å². The van der Waals surface area contributed by atoms with E-state index in [1.807, 2.05) is 0 Å². The molecule has 0 spiro atoms. The van der Waals surface area contributed by atoms with E-state index in [-0.39, 0.29) is 14.0 Å². The molecular formula is C7H6F3IN2O3S. The van der Waals surface area contributed by atoms with Gasteiger partial charge in [0.15, 0.2) is 0 Å². The Hall–Kier alpha value is -0.620. The lowest BCUT2D eigenvalue weighted by molar-refractivity contribution is -0.276. The van der Waals surface area contributed by atoms with Crippen LogP contribution in [0.1, 0.15) is 5.56 Å². The quantitative estimate of drug-likeness (QED) is 0.787. The van der Waals surface area contributed by atoms with Crippen molar-refractivity contribution in [3.8, 4) is 5.88 Å². The van der Waals surface area contributed by atoms with Crippen LogP contribution in [0.3, 0.4) is 0 Å². The highest BCUT2D eigenvalue weighted by Gasteiger charge is 2.33. The van der Waals surface area contributed by atoms with Gasteiger partial charge in [-0.05, 0) is 29.5 Å². The highest BCUT2D eigenvalue weighted by Crippen LogP contribution is 2.29. The number of hydrogen-bond donors (Lipinski definition) is 1. The van der Waals surface area contributed by atoms with Crippen LogP contribution in [-0.4, -0.2) is 19.8 Å². The number of sulfonamides is 1. The van der Waals surface area contributed by atoms with Crippen LogP contribution in [0.4, 0.5) is 13.2 Å². The minimum Gasteiger partial charge on any atom is -0.388 e. The van der Waals surface area contributed by atoms with Crippen LogP contribution in [0.2, 0.25) is 0 Å². The highest BCUT2D eigenvalue weighted by atomic mass is 127. The summed E-state index contributed by atoms with van der Waals surface area (Å²) in [6.07, 6.45) is -4.16. The van der Waals surface area contributed by atoms with Crippen molar-refractivity contribution in [1.29, 1.82) is 0 Å². The first-order chi connectivity index (χ1) is 7.52. The summed E-state index contributed by atoms with van der Waals surface area (Å²) in [5.74, 6) is -0.700. The van der Waals surface area contributed by atoms with E-state index in [0.29, 0.717) is 0 Å². The van der Waals surface area contributed by atoms with Gasteiger partial charge in [-0.25, -0.2) is 18.5 Å². The summed E-state index contributed by atoms with van der Waals surface area (Å²) < 4.78 is 61.8. The van der Waals surface area contributed by atoms with Crippen LogP contribution in [-0.2, 0) is 10.0 Å². The molecule has 1 aromatic heterocycles. The summed E-state index contributed by atoms with van der Waals surface area (Å²) in [6, 6.07) is 0. The van der Waals surface area contributed by atoms with Crippen molar-refractivity contribution in [3.05, 3.63) is 15.3 Å². The number of alkyl halides is 3. The van der Waals surface area contributed by atoms with Crippen LogP contribution in [0, 0.1) is 10.5 Å².